The first kappa shape index (κ1) is 16.2. The van der Waals surface area contributed by atoms with Crippen molar-refractivity contribution in [2.24, 2.45) is 0 Å². The second kappa shape index (κ2) is 8.27. The molecule has 115 valence electrons. The molecule has 0 unspecified atom stereocenters. The van der Waals surface area contributed by atoms with E-state index in [1.165, 1.54) is 16.7 Å². The van der Waals surface area contributed by atoms with Crippen LogP contribution in [0.25, 0.3) is 0 Å². The van der Waals surface area contributed by atoms with Crippen molar-refractivity contribution in [1.29, 1.82) is 0 Å². The Labute approximate surface area is 147 Å². The maximum absolute atomic E-state index is 6.47. The number of rotatable bonds is 6. The van der Waals surface area contributed by atoms with Gasteiger partial charge in [-0.15, -0.1) is 0 Å². The van der Waals surface area contributed by atoms with E-state index in [2.05, 4.69) is 91.9 Å². The van der Waals surface area contributed by atoms with Crippen LogP contribution < -0.4 is 2.81 Å². The van der Waals surface area contributed by atoms with Crippen LogP contribution in [0, 0.1) is 6.92 Å². The van der Waals surface area contributed by atoms with Gasteiger partial charge in [0.25, 0.3) is 0 Å². The van der Waals surface area contributed by atoms with Gasteiger partial charge in [-0.2, -0.15) is 0 Å². The van der Waals surface area contributed by atoms with Crippen LogP contribution >= 0.6 is 0 Å². The summed E-state index contributed by atoms with van der Waals surface area (Å²) in [4.78, 5) is 0. The molecule has 0 amide bonds. The Morgan fingerprint density at radius 3 is 1.61 bits per heavy atom. The van der Waals surface area contributed by atoms with Crippen molar-refractivity contribution in [3.63, 3.8) is 0 Å². The second-order valence-corrected chi connectivity index (χ2v) is 10.7. The van der Waals surface area contributed by atoms with Gasteiger partial charge in [0.05, 0.1) is 0 Å². The van der Waals surface area contributed by atoms with Gasteiger partial charge >= 0.3 is 148 Å². The van der Waals surface area contributed by atoms with Crippen LogP contribution in [0.2, 0.25) is 0 Å². The summed E-state index contributed by atoms with van der Waals surface area (Å²) in [5, 5.41) is 0. The molecular formula is C21H21OZr. The fourth-order valence-corrected chi connectivity index (χ4v) is 7.77. The van der Waals surface area contributed by atoms with E-state index in [0.29, 0.717) is 0 Å². The summed E-state index contributed by atoms with van der Waals surface area (Å²) >= 11 is -2.08. The quantitative estimate of drug-likeness (QED) is 0.563. The van der Waals surface area contributed by atoms with Gasteiger partial charge in [-0.1, -0.05) is 0 Å². The van der Waals surface area contributed by atoms with E-state index in [9.17, 15) is 0 Å². The van der Waals surface area contributed by atoms with Gasteiger partial charge in [0.1, 0.15) is 0 Å². The first-order chi connectivity index (χ1) is 11.3. The minimum absolute atomic E-state index is 1.02. The van der Waals surface area contributed by atoms with E-state index in [1.807, 2.05) is 0 Å². The van der Waals surface area contributed by atoms with E-state index in [1.54, 1.807) is 0 Å². The van der Waals surface area contributed by atoms with Crippen molar-refractivity contribution < 1.29 is 25.0 Å². The summed E-state index contributed by atoms with van der Waals surface area (Å²) in [7, 11) is 0. The zero-order chi connectivity index (χ0) is 15.9. The molecule has 0 aromatic heterocycles. The molecule has 3 aromatic rings. The van der Waals surface area contributed by atoms with E-state index in [0.717, 1.165) is 14.0 Å². The summed E-state index contributed by atoms with van der Waals surface area (Å²) in [6, 6.07) is 29.9. The van der Waals surface area contributed by atoms with Crippen LogP contribution in [-0.2, 0) is 30.4 Å². The molecule has 0 saturated carbocycles. The van der Waals surface area contributed by atoms with Crippen molar-refractivity contribution >= 4 is 0 Å². The van der Waals surface area contributed by atoms with Crippen molar-refractivity contribution in [3.8, 4) is 5.75 Å². The summed E-state index contributed by atoms with van der Waals surface area (Å²) < 4.78 is 8.68. The number of hydrogen-bond donors (Lipinski definition) is 0. The predicted molar refractivity (Wildman–Crippen MR) is 92.1 cm³/mol. The molecule has 0 radical (unpaired) electrons. The monoisotopic (exact) mass is 379 g/mol. The second-order valence-electron chi connectivity index (χ2n) is 5.78. The van der Waals surface area contributed by atoms with E-state index >= 15 is 0 Å². The third-order valence-electron chi connectivity index (χ3n) is 3.77. The molecule has 0 heterocycles. The molecule has 0 fully saturated rings. The molecule has 0 aliphatic rings. The molecule has 3 aromatic carbocycles. The summed E-state index contributed by atoms with van der Waals surface area (Å²) in [6.07, 6.45) is 0. The van der Waals surface area contributed by atoms with Crippen LogP contribution in [0.15, 0.2) is 84.9 Å². The van der Waals surface area contributed by atoms with E-state index in [-0.39, 0.29) is 0 Å². The van der Waals surface area contributed by atoms with Crippen LogP contribution in [0.4, 0.5) is 0 Å². The molecule has 0 spiro atoms. The molecule has 0 bridgehead atoms. The third-order valence-corrected chi connectivity index (χ3v) is 9.01. The van der Waals surface area contributed by atoms with Gasteiger partial charge in [0.15, 0.2) is 0 Å². The zero-order valence-corrected chi connectivity index (χ0v) is 15.9. The topological polar surface area (TPSA) is 9.23 Å². The number of hydrogen-bond acceptors (Lipinski definition) is 1. The summed E-state index contributed by atoms with van der Waals surface area (Å²) in [6.45, 7) is 2.11. The number of benzene rings is 3. The average Bonchev–Trinajstić information content (AvgIpc) is 2.59. The van der Waals surface area contributed by atoms with E-state index in [4.69, 9.17) is 2.81 Å². The molecule has 0 aliphatic heterocycles. The molecular weight excluding hydrogens is 359 g/mol. The van der Waals surface area contributed by atoms with Crippen LogP contribution in [0.5, 0.6) is 5.75 Å². The van der Waals surface area contributed by atoms with Gasteiger partial charge in [0.2, 0.25) is 0 Å². The van der Waals surface area contributed by atoms with Gasteiger partial charge < -0.3 is 0 Å². The standard InChI is InChI=1S/C7H8O.2C7H7.Zr/c1-6-2-4-7(8)5-3-6;2*1-7-5-3-2-4-6-7;/h2-5,8H,1H3;2*2-6H,1H2;/q;;;+1/p-1. The summed E-state index contributed by atoms with van der Waals surface area (Å²) in [5.74, 6) is 1.02. The van der Waals surface area contributed by atoms with Gasteiger partial charge in [-0.05, 0) is 0 Å². The first-order valence-electron chi connectivity index (χ1n) is 7.97. The van der Waals surface area contributed by atoms with Gasteiger partial charge in [0, 0.05) is 0 Å². The molecule has 1 nitrogen and oxygen atoms in total. The SMILES string of the molecule is Cc1ccc([O][Zr]([CH2]c2ccccc2)[CH2]c2ccccc2)cc1. The Morgan fingerprint density at radius 1 is 0.652 bits per heavy atom. The molecule has 3 rings (SSSR count). The normalized spacial score (nSPS) is 10.3. The van der Waals surface area contributed by atoms with Crippen molar-refractivity contribution in [3.05, 3.63) is 102 Å². The molecule has 0 saturated heterocycles. The Bertz CT molecular complexity index is 666. The molecule has 23 heavy (non-hydrogen) atoms. The van der Waals surface area contributed by atoms with E-state index < -0.39 is 22.2 Å². The van der Waals surface area contributed by atoms with Crippen LogP contribution in [0.3, 0.4) is 0 Å². The fraction of sp³-hybridized carbons (Fsp3) is 0.143. The van der Waals surface area contributed by atoms with Crippen LogP contribution in [-0.4, -0.2) is 0 Å². The third kappa shape index (κ3) is 5.18. The van der Waals surface area contributed by atoms with Crippen molar-refractivity contribution in [1.82, 2.24) is 0 Å². The molecule has 0 aliphatic carbocycles. The Kier molecular flexibility index (Phi) is 5.83. The number of aryl methyl sites for hydroxylation is 1. The van der Waals surface area contributed by atoms with Crippen molar-refractivity contribution in [2.75, 3.05) is 0 Å². The minimum atomic E-state index is -2.08. The first-order valence-corrected chi connectivity index (χ1v) is 12.4. The molecule has 0 atom stereocenters. The molecule has 0 N–H and O–H groups in total. The van der Waals surface area contributed by atoms with Crippen molar-refractivity contribution in [2.45, 2.75) is 15.2 Å². The van der Waals surface area contributed by atoms with Crippen LogP contribution in [0.1, 0.15) is 16.7 Å². The predicted octanol–water partition coefficient (Wildman–Crippen LogP) is 5.31. The maximum atomic E-state index is 6.47. The van der Waals surface area contributed by atoms with Gasteiger partial charge in [-0.25, -0.2) is 0 Å². The Balaban J connectivity index is 1.76. The Morgan fingerprint density at radius 2 is 1.13 bits per heavy atom. The summed E-state index contributed by atoms with van der Waals surface area (Å²) in [5.41, 5.74) is 4.06. The average molecular weight is 381 g/mol. The molecule has 2 heteroatoms. The fourth-order valence-electron chi connectivity index (χ4n) is 2.55. The zero-order valence-electron chi connectivity index (χ0n) is 13.4. The Hall–Kier alpha value is -1.66. The van der Waals surface area contributed by atoms with Gasteiger partial charge in [-0.3, -0.25) is 0 Å².